The lowest BCUT2D eigenvalue weighted by molar-refractivity contribution is -0.136. The van der Waals surface area contributed by atoms with Crippen LogP contribution in [0, 0.1) is 0 Å². The maximum Gasteiger partial charge on any atom is 0.305 e. The molecule has 0 amide bonds. The van der Waals surface area contributed by atoms with Crippen molar-refractivity contribution in [3.8, 4) is 17.0 Å². The lowest BCUT2D eigenvalue weighted by Crippen LogP contribution is -2.25. The number of hydrogen-bond acceptors (Lipinski definition) is 6. The summed E-state index contributed by atoms with van der Waals surface area (Å²) in [6.07, 6.45) is 0.0574. The van der Waals surface area contributed by atoms with Crippen LogP contribution in [0.3, 0.4) is 0 Å². The number of phenols is 1. The number of thiazole rings is 1. The zero-order chi connectivity index (χ0) is 23.7. The van der Waals surface area contributed by atoms with E-state index in [0.717, 1.165) is 27.5 Å². The zero-order valence-corrected chi connectivity index (χ0v) is 22.5. The van der Waals surface area contributed by atoms with E-state index in [9.17, 15) is 15.0 Å². The van der Waals surface area contributed by atoms with Gasteiger partial charge in [0.25, 0.3) is 0 Å². The fourth-order valence-corrected chi connectivity index (χ4v) is 5.11. The summed E-state index contributed by atoms with van der Waals surface area (Å²) in [7, 11) is 0. The Balaban J connectivity index is 0.00000385. The number of phenolic OH excluding ortho intramolecular Hbond substituents is 1. The van der Waals surface area contributed by atoms with E-state index in [1.54, 1.807) is 11.3 Å². The SMILES string of the molecule is CC(C)(C)c1cc(-c2csc(N(CCC(=O)O)Cc3cccs3)n2)cc(C(C)(C)C)c1O.Cl. The Morgan fingerprint density at radius 3 is 2.15 bits per heavy atom. The molecule has 0 atom stereocenters. The van der Waals surface area contributed by atoms with Gasteiger partial charge in [0, 0.05) is 33.5 Å². The van der Waals surface area contributed by atoms with Crippen molar-refractivity contribution in [1.82, 2.24) is 4.98 Å². The van der Waals surface area contributed by atoms with Gasteiger partial charge in [-0.25, -0.2) is 4.98 Å². The average molecular weight is 509 g/mol. The summed E-state index contributed by atoms with van der Waals surface area (Å²) in [6, 6.07) is 8.12. The Morgan fingerprint density at radius 1 is 1.06 bits per heavy atom. The van der Waals surface area contributed by atoms with Gasteiger partial charge in [-0.2, -0.15) is 0 Å². The van der Waals surface area contributed by atoms with Crippen molar-refractivity contribution in [1.29, 1.82) is 0 Å². The van der Waals surface area contributed by atoms with E-state index in [0.29, 0.717) is 18.8 Å². The molecule has 0 unspecified atom stereocenters. The van der Waals surface area contributed by atoms with Crippen LogP contribution in [0.2, 0.25) is 0 Å². The van der Waals surface area contributed by atoms with Crippen LogP contribution in [0.25, 0.3) is 11.3 Å². The smallest absolute Gasteiger partial charge is 0.305 e. The second-order valence-corrected chi connectivity index (χ2v) is 11.9. The second-order valence-electron chi connectivity index (χ2n) is 10.1. The predicted molar refractivity (Wildman–Crippen MR) is 141 cm³/mol. The van der Waals surface area contributed by atoms with Crippen LogP contribution in [-0.4, -0.2) is 27.7 Å². The molecule has 0 aliphatic heterocycles. The van der Waals surface area contributed by atoms with Crippen molar-refractivity contribution in [2.45, 2.75) is 65.3 Å². The molecule has 3 rings (SSSR count). The van der Waals surface area contributed by atoms with Gasteiger partial charge in [0.1, 0.15) is 5.75 Å². The monoisotopic (exact) mass is 508 g/mol. The van der Waals surface area contributed by atoms with Crippen molar-refractivity contribution >= 4 is 46.2 Å². The molecule has 0 aliphatic rings. The van der Waals surface area contributed by atoms with Crippen LogP contribution in [-0.2, 0) is 22.2 Å². The van der Waals surface area contributed by atoms with Crippen molar-refractivity contribution in [2.24, 2.45) is 0 Å². The number of nitrogens with zero attached hydrogens (tertiary/aromatic N) is 2. The first kappa shape index (κ1) is 27.2. The van der Waals surface area contributed by atoms with Gasteiger partial charge in [0.15, 0.2) is 5.13 Å². The molecule has 0 saturated carbocycles. The number of aromatic hydroxyl groups is 1. The molecule has 3 aromatic rings. The topological polar surface area (TPSA) is 73.7 Å². The quantitative estimate of drug-likeness (QED) is 0.357. The minimum absolute atomic E-state index is 0. The third-order valence-corrected chi connectivity index (χ3v) is 7.07. The van der Waals surface area contributed by atoms with Gasteiger partial charge in [-0.3, -0.25) is 4.79 Å². The molecular formula is C25H33ClN2O3S2. The number of aliphatic carboxylic acids is 1. The van der Waals surface area contributed by atoms with Crippen LogP contribution in [0.5, 0.6) is 5.75 Å². The molecule has 0 fully saturated rings. The van der Waals surface area contributed by atoms with Gasteiger partial charge in [0.05, 0.1) is 18.7 Å². The first-order valence-corrected chi connectivity index (χ1v) is 12.4. The molecule has 2 heterocycles. The Labute approximate surface area is 210 Å². The van der Waals surface area contributed by atoms with Crippen LogP contribution in [0.15, 0.2) is 35.0 Å². The zero-order valence-electron chi connectivity index (χ0n) is 20.0. The number of aromatic nitrogens is 1. The molecule has 0 aliphatic carbocycles. The summed E-state index contributed by atoms with van der Waals surface area (Å²) in [4.78, 5) is 19.3. The molecular weight excluding hydrogens is 476 g/mol. The van der Waals surface area contributed by atoms with E-state index < -0.39 is 5.97 Å². The molecule has 180 valence electrons. The predicted octanol–water partition coefficient (Wildman–Crippen LogP) is 7.08. The van der Waals surface area contributed by atoms with E-state index in [1.807, 2.05) is 33.9 Å². The number of benzene rings is 1. The van der Waals surface area contributed by atoms with E-state index in [2.05, 4.69) is 47.6 Å². The van der Waals surface area contributed by atoms with Gasteiger partial charge in [-0.05, 0) is 34.4 Å². The fraction of sp³-hybridized carbons (Fsp3) is 0.440. The summed E-state index contributed by atoms with van der Waals surface area (Å²) in [5.74, 6) is -0.467. The fourth-order valence-electron chi connectivity index (χ4n) is 3.53. The van der Waals surface area contributed by atoms with Crippen LogP contribution < -0.4 is 4.90 Å². The number of carbonyl (C=O) groups is 1. The molecule has 8 heteroatoms. The number of anilines is 1. The van der Waals surface area contributed by atoms with Gasteiger partial charge in [-0.1, -0.05) is 47.6 Å². The first-order valence-electron chi connectivity index (χ1n) is 10.7. The first-order chi connectivity index (χ1) is 14.9. The Hall–Kier alpha value is -2.09. The lowest BCUT2D eigenvalue weighted by atomic mass is 9.78. The highest BCUT2D eigenvalue weighted by Gasteiger charge is 2.27. The molecule has 5 nitrogen and oxygen atoms in total. The average Bonchev–Trinajstić information content (AvgIpc) is 3.35. The summed E-state index contributed by atoms with van der Waals surface area (Å²) in [5.41, 5.74) is 3.17. The highest BCUT2D eigenvalue weighted by Crippen LogP contribution is 2.42. The van der Waals surface area contributed by atoms with Crippen LogP contribution >= 0.6 is 35.1 Å². The van der Waals surface area contributed by atoms with Gasteiger partial charge in [-0.15, -0.1) is 35.1 Å². The summed E-state index contributed by atoms with van der Waals surface area (Å²) in [6.45, 7) is 13.6. The van der Waals surface area contributed by atoms with E-state index >= 15 is 0 Å². The molecule has 0 bridgehead atoms. The van der Waals surface area contributed by atoms with Crippen LogP contribution in [0.1, 0.15) is 64.0 Å². The largest absolute Gasteiger partial charge is 0.507 e. The van der Waals surface area contributed by atoms with Crippen LogP contribution in [0.4, 0.5) is 5.13 Å². The lowest BCUT2D eigenvalue weighted by Gasteiger charge is -2.28. The number of hydrogen-bond donors (Lipinski definition) is 2. The molecule has 2 N–H and O–H groups in total. The molecule has 33 heavy (non-hydrogen) atoms. The van der Waals surface area contributed by atoms with Gasteiger partial charge >= 0.3 is 5.97 Å². The minimum atomic E-state index is -0.818. The number of thiophene rings is 1. The molecule has 2 aromatic heterocycles. The maximum atomic E-state index is 11.2. The molecule has 1 aromatic carbocycles. The van der Waals surface area contributed by atoms with Crippen molar-refractivity contribution in [3.63, 3.8) is 0 Å². The van der Waals surface area contributed by atoms with Crippen molar-refractivity contribution < 1.29 is 15.0 Å². The van der Waals surface area contributed by atoms with E-state index in [-0.39, 0.29) is 29.7 Å². The standard InChI is InChI=1S/C25H32N2O3S2.ClH/c1-24(2,3)18-12-16(13-19(22(18)30)25(4,5)6)20-15-32-23(26-20)27(10-9-21(28)29)14-17-8-7-11-31-17;/h7-8,11-13,15,30H,9-10,14H2,1-6H3,(H,28,29);1H. The third kappa shape index (κ3) is 6.71. The Morgan fingerprint density at radius 2 is 1.67 bits per heavy atom. The minimum Gasteiger partial charge on any atom is -0.507 e. The molecule has 0 saturated heterocycles. The number of carboxylic acids is 1. The van der Waals surface area contributed by atoms with Crippen molar-refractivity contribution in [2.75, 3.05) is 11.4 Å². The summed E-state index contributed by atoms with van der Waals surface area (Å²) < 4.78 is 0. The highest BCUT2D eigenvalue weighted by atomic mass is 35.5. The number of rotatable bonds is 7. The second kappa shape index (κ2) is 10.5. The summed E-state index contributed by atoms with van der Waals surface area (Å²) >= 11 is 3.18. The Bertz CT molecular complexity index is 1050. The van der Waals surface area contributed by atoms with E-state index in [4.69, 9.17) is 4.98 Å². The van der Waals surface area contributed by atoms with E-state index in [1.165, 1.54) is 16.2 Å². The normalized spacial score (nSPS) is 11.8. The number of carboxylic acid groups (broad SMARTS) is 1. The number of halogens is 1. The van der Waals surface area contributed by atoms with Gasteiger partial charge in [0.2, 0.25) is 0 Å². The van der Waals surface area contributed by atoms with Gasteiger partial charge < -0.3 is 15.1 Å². The maximum absolute atomic E-state index is 11.2. The third-order valence-electron chi connectivity index (χ3n) is 5.31. The highest BCUT2D eigenvalue weighted by molar-refractivity contribution is 7.14. The van der Waals surface area contributed by atoms with Crippen molar-refractivity contribution in [3.05, 3.63) is 51.0 Å². The molecule has 0 radical (unpaired) electrons. The molecule has 0 spiro atoms. The Kier molecular flexibility index (Phi) is 8.60. The summed E-state index contributed by atoms with van der Waals surface area (Å²) in [5, 5.41) is 25.0.